The Bertz CT molecular complexity index is 161. The van der Waals surface area contributed by atoms with E-state index >= 15 is 0 Å². The van der Waals surface area contributed by atoms with Crippen molar-refractivity contribution >= 4 is 5.97 Å². The van der Waals surface area contributed by atoms with Crippen LogP contribution in [0.5, 0.6) is 0 Å². The fraction of sp³-hybridized carbons (Fsp3) is 0.889. The van der Waals surface area contributed by atoms with Gasteiger partial charge in [-0.15, -0.1) is 0 Å². The Hall–Kier alpha value is -0.650. The molecule has 0 aliphatic heterocycles. The Morgan fingerprint density at radius 2 is 2.00 bits per heavy atom. The standard InChI is InChI=1S/C9H19NO4/c1-7(2)8(10)9(12)14-6-5-13-4-3-11/h7-8,11H,3-6,10H2,1-2H3. The van der Waals surface area contributed by atoms with Gasteiger partial charge in [-0.2, -0.15) is 0 Å². The van der Waals surface area contributed by atoms with E-state index in [-0.39, 0.29) is 32.3 Å². The third kappa shape index (κ3) is 5.90. The first-order valence-electron chi connectivity index (χ1n) is 4.70. The topological polar surface area (TPSA) is 81.8 Å². The lowest BCUT2D eigenvalue weighted by Gasteiger charge is -2.14. The molecule has 1 unspecified atom stereocenters. The highest BCUT2D eigenvalue weighted by Crippen LogP contribution is 2.00. The second-order valence-corrected chi connectivity index (χ2v) is 3.27. The highest BCUT2D eigenvalue weighted by atomic mass is 16.6. The Kier molecular flexibility index (Phi) is 7.37. The van der Waals surface area contributed by atoms with Crippen molar-refractivity contribution in [3.8, 4) is 0 Å². The number of aliphatic hydroxyl groups excluding tert-OH is 1. The zero-order valence-corrected chi connectivity index (χ0v) is 8.73. The summed E-state index contributed by atoms with van der Waals surface area (Å²) in [7, 11) is 0. The summed E-state index contributed by atoms with van der Waals surface area (Å²) in [5.41, 5.74) is 5.55. The van der Waals surface area contributed by atoms with Gasteiger partial charge in [-0.05, 0) is 5.92 Å². The smallest absolute Gasteiger partial charge is 0.323 e. The van der Waals surface area contributed by atoms with E-state index in [1.54, 1.807) is 0 Å². The molecule has 0 rings (SSSR count). The molecule has 0 aromatic carbocycles. The van der Waals surface area contributed by atoms with Gasteiger partial charge >= 0.3 is 5.97 Å². The van der Waals surface area contributed by atoms with Gasteiger partial charge in [0.15, 0.2) is 0 Å². The number of rotatable bonds is 7. The predicted molar refractivity (Wildman–Crippen MR) is 51.7 cm³/mol. The first-order valence-corrected chi connectivity index (χ1v) is 4.70. The average Bonchev–Trinajstić information content (AvgIpc) is 2.16. The van der Waals surface area contributed by atoms with Crippen LogP contribution in [0.15, 0.2) is 0 Å². The molecule has 3 N–H and O–H groups in total. The molecule has 0 spiro atoms. The van der Waals surface area contributed by atoms with Crippen molar-refractivity contribution in [2.24, 2.45) is 11.7 Å². The second-order valence-electron chi connectivity index (χ2n) is 3.27. The largest absolute Gasteiger partial charge is 0.462 e. The predicted octanol–water partition coefficient (Wildman–Crippen LogP) is -0.478. The van der Waals surface area contributed by atoms with Gasteiger partial charge in [0.05, 0.1) is 19.8 Å². The molecule has 84 valence electrons. The summed E-state index contributed by atoms with van der Waals surface area (Å²) in [5.74, 6) is -0.339. The number of hydrogen-bond acceptors (Lipinski definition) is 5. The van der Waals surface area contributed by atoms with Crippen molar-refractivity contribution in [3.05, 3.63) is 0 Å². The SMILES string of the molecule is CC(C)C(N)C(=O)OCCOCCO. The summed E-state index contributed by atoms with van der Waals surface area (Å²) in [6, 6.07) is -0.576. The van der Waals surface area contributed by atoms with E-state index in [4.69, 9.17) is 20.3 Å². The highest BCUT2D eigenvalue weighted by molar-refractivity contribution is 5.75. The molecule has 0 amide bonds. The number of hydrogen-bond donors (Lipinski definition) is 2. The van der Waals surface area contributed by atoms with Crippen molar-refractivity contribution in [1.29, 1.82) is 0 Å². The van der Waals surface area contributed by atoms with E-state index in [9.17, 15) is 4.79 Å². The zero-order chi connectivity index (χ0) is 11.0. The molecular formula is C9H19NO4. The molecule has 0 aliphatic carbocycles. The number of ether oxygens (including phenoxy) is 2. The van der Waals surface area contributed by atoms with E-state index in [1.807, 2.05) is 13.8 Å². The van der Waals surface area contributed by atoms with Crippen molar-refractivity contribution in [3.63, 3.8) is 0 Å². The number of aliphatic hydroxyl groups is 1. The van der Waals surface area contributed by atoms with Crippen LogP contribution in [-0.2, 0) is 14.3 Å². The van der Waals surface area contributed by atoms with E-state index < -0.39 is 12.0 Å². The van der Waals surface area contributed by atoms with Gasteiger partial charge in [-0.1, -0.05) is 13.8 Å². The minimum absolute atomic E-state index is 0.0283. The maximum absolute atomic E-state index is 11.2. The Morgan fingerprint density at radius 3 is 2.50 bits per heavy atom. The normalized spacial score (nSPS) is 12.9. The average molecular weight is 205 g/mol. The fourth-order valence-electron chi connectivity index (χ4n) is 0.736. The first-order chi connectivity index (χ1) is 6.59. The molecule has 0 aromatic heterocycles. The second kappa shape index (κ2) is 7.73. The van der Waals surface area contributed by atoms with Crippen molar-refractivity contribution in [1.82, 2.24) is 0 Å². The molecule has 0 aromatic rings. The maximum atomic E-state index is 11.2. The molecule has 0 saturated heterocycles. The Labute approximate surface area is 84.2 Å². The van der Waals surface area contributed by atoms with E-state index in [0.717, 1.165) is 0 Å². The molecule has 5 nitrogen and oxygen atoms in total. The van der Waals surface area contributed by atoms with Crippen LogP contribution in [0.2, 0.25) is 0 Å². The summed E-state index contributed by atoms with van der Waals surface area (Å²) in [5, 5.41) is 8.38. The van der Waals surface area contributed by atoms with Crippen molar-refractivity contribution in [2.45, 2.75) is 19.9 Å². The summed E-state index contributed by atoms with van der Waals surface area (Å²) >= 11 is 0. The molecule has 1 atom stereocenters. The Balaban J connectivity index is 3.44. The van der Waals surface area contributed by atoms with Gasteiger partial charge in [0.25, 0.3) is 0 Å². The molecule has 0 heterocycles. The summed E-state index contributed by atoms with van der Waals surface area (Å²) in [6.45, 7) is 4.41. The molecule has 0 bridgehead atoms. The minimum Gasteiger partial charge on any atom is -0.462 e. The first kappa shape index (κ1) is 13.4. The van der Waals surface area contributed by atoms with Crippen LogP contribution in [0.1, 0.15) is 13.8 Å². The summed E-state index contributed by atoms with van der Waals surface area (Å²) in [4.78, 5) is 11.2. The zero-order valence-electron chi connectivity index (χ0n) is 8.73. The van der Waals surface area contributed by atoms with Crippen LogP contribution in [0.4, 0.5) is 0 Å². The van der Waals surface area contributed by atoms with Gasteiger partial charge in [0, 0.05) is 0 Å². The Morgan fingerprint density at radius 1 is 1.36 bits per heavy atom. The lowest BCUT2D eigenvalue weighted by molar-refractivity contribution is -0.147. The van der Waals surface area contributed by atoms with Crippen molar-refractivity contribution in [2.75, 3.05) is 26.4 Å². The van der Waals surface area contributed by atoms with Gasteiger partial charge in [-0.25, -0.2) is 0 Å². The van der Waals surface area contributed by atoms with Crippen LogP contribution >= 0.6 is 0 Å². The molecule has 5 heteroatoms. The van der Waals surface area contributed by atoms with Crippen LogP contribution in [0.3, 0.4) is 0 Å². The lowest BCUT2D eigenvalue weighted by atomic mass is 10.1. The maximum Gasteiger partial charge on any atom is 0.323 e. The molecule has 14 heavy (non-hydrogen) atoms. The minimum atomic E-state index is -0.576. The van der Waals surface area contributed by atoms with Crippen LogP contribution in [0.25, 0.3) is 0 Å². The lowest BCUT2D eigenvalue weighted by Crippen LogP contribution is -2.37. The van der Waals surface area contributed by atoms with Crippen LogP contribution < -0.4 is 5.73 Å². The highest BCUT2D eigenvalue weighted by Gasteiger charge is 2.18. The van der Waals surface area contributed by atoms with Gasteiger partial charge in [0.2, 0.25) is 0 Å². The van der Waals surface area contributed by atoms with Gasteiger partial charge in [-0.3, -0.25) is 4.79 Å². The number of nitrogens with two attached hydrogens (primary N) is 1. The van der Waals surface area contributed by atoms with E-state index in [0.29, 0.717) is 0 Å². The van der Waals surface area contributed by atoms with E-state index in [2.05, 4.69) is 0 Å². The number of esters is 1. The third-order valence-electron chi connectivity index (χ3n) is 1.70. The molecule has 0 aliphatic rings. The van der Waals surface area contributed by atoms with Crippen LogP contribution in [-0.4, -0.2) is 43.5 Å². The molecule has 0 fully saturated rings. The summed E-state index contributed by atoms with van der Waals surface area (Å²) < 4.78 is 9.75. The quantitative estimate of drug-likeness (QED) is 0.433. The summed E-state index contributed by atoms with van der Waals surface area (Å²) in [6.07, 6.45) is 0. The van der Waals surface area contributed by atoms with Gasteiger partial charge < -0.3 is 20.3 Å². The third-order valence-corrected chi connectivity index (χ3v) is 1.70. The molecule has 0 saturated carbocycles. The fourth-order valence-corrected chi connectivity index (χ4v) is 0.736. The molecule has 0 radical (unpaired) electrons. The van der Waals surface area contributed by atoms with Crippen molar-refractivity contribution < 1.29 is 19.4 Å². The number of carbonyl (C=O) groups is 1. The van der Waals surface area contributed by atoms with E-state index in [1.165, 1.54) is 0 Å². The van der Waals surface area contributed by atoms with Crippen LogP contribution in [0, 0.1) is 5.92 Å². The molecular weight excluding hydrogens is 186 g/mol. The number of carbonyl (C=O) groups excluding carboxylic acids is 1. The van der Waals surface area contributed by atoms with Gasteiger partial charge in [0.1, 0.15) is 12.6 Å². The monoisotopic (exact) mass is 205 g/mol.